The number of nitrogens with two attached hydrogens (primary N) is 1. The molecule has 1 fully saturated rings. The van der Waals surface area contributed by atoms with Crippen molar-refractivity contribution >= 4 is 5.69 Å². The van der Waals surface area contributed by atoms with Crippen LogP contribution >= 0.6 is 0 Å². The molecule has 17 heavy (non-hydrogen) atoms. The number of aromatic nitrogens is 2. The molecule has 2 N–H and O–H groups in total. The normalized spacial score (nSPS) is 16.8. The highest BCUT2D eigenvalue weighted by Gasteiger charge is 2.20. The van der Waals surface area contributed by atoms with Crippen LogP contribution in [-0.4, -0.2) is 9.78 Å². The smallest absolute Gasteiger partial charge is 0.156 e. The number of nitrogens with zero attached hydrogens (tertiary/aromatic N) is 2. The zero-order valence-electron chi connectivity index (χ0n) is 10.0. The minimum absolute atomic E-state index is 0.516. The van der Waals surface area contributed by atoms with Gasteiger partial charge in [0, 0.05) is 6.20 Å². The zero-order valence-corrected chi connectivity index (χ0v) is 10.0. The Balaban J connectivity index is 1.95. The molecule has 4 heteroatoms. The molecule has 1 aliphatic carbocycles. The van der Waals surface area contributed by atoms with E-state index in [9.17, 15) is 0 Å². The van der Waals surface area contributed by atoms with Gasteiger partial charge in [-0.3, -0.25) is 4.68 Å². The molecule has 0 aliphatic heterocycles. The maximum atomic E-state index is 6.01. The number of hydrogen-bond acceptors (Lipinski definition) is 3. The van der Waals surface area contributed by atoms with Crippen LogP contribution in [0, 0.1) is 6.92 Å². The van der Waals surface area contributed by atoms with Gasteiger partial charge in [-0.25, -0.2) is 0 Å². The second-order valence-electron chi connectivity index (χ2n) is 4.76. The third kappa shape index (κ3) is 1.84. The maximum Gasteiger partial charge on any atom is 0.156 e. The van der Waals surface area contributed by atoms with Crippen LogP contribution in [0.15, 0.2) is 22.7 Å². The third-order valence-electron chi connectivity index (χ3n) is 3.43. The topological polar surface area (TPSA) is 57.0 Å². The Morgan fingerprint density at radius 3 is 2.76 bits per heavy atom. The van der Waals surface area contributed by atoms with Crippen molar-refractivity contribution in [3.63, 3.8) is 0 Å². The van der Waals surface area contributed by atoms with E-state index in [1.807, 2.05) is 29.9 Å². The predicted octanol–water partition coefficient (Wildman–Crippen LogP) is 3.15. The van der Waals surface area contributed by atoms with Crippen molar-refractivity contribution < 1.29 is 4.42 Å². The highest BCUT2D eigenvalue weighted by Crippen LogP contribution is 2.32. The first-order valence-electron chi connectivity index (χ1n) is 6.15. The van der Waals surface area contributed by atoms with Gasteiger partial charge >= 0.3 is 0 Å². The lowest BCUT2D eigenvalue weighted by Crippen LogP contribution is -2.04. The molecule has 0 saturated heterocycles. The second kappa shape index (κ2) is 3.95. The molecule has 1 saturated carbocycles. The summed E-state index contributed by atoms with van der Waals surface area (Å²) in [5.74, 6) is 1.64. The molecule has 0 atom stereocenters. The Morgan fingerprint density at radius 1 is 1.35 bits per heavy atom. The summed E-state index contributed by atoms with van der Waals surface area (Å²) in [4.78, 5) is 0. The summed E-state index contributed by atoms with van der Waals surface area (Å²) in [6, 6.07) is 4.37. The largest absolute Gasteiger partial charge is 0.460 e. The molecule has 3 rings (SSSR count). The molecule has 0 amide bonds. The van der Waals surface area contributed by atoms with Crippen molar-refractivity contribution in [1.82, 2.24) is 9.78 Å². The van der Waals surface area contributed by atoms with Gasteiger partial charge in [0.05, 0.1) is 11.7 Å². The predicted molar refractivity (Wildman–Crippen MR) is 66.6 cm³/mol. The Kier molecular flexibility index (Phi) is 2.42. The first-order chi connectivity index (χ1) is 8.24. The summed E-state index contributed by atoms with van der Waals surface area (Å²) in [7, 11) is 0. The summed E-state index contributed by atoms with van der Waals surface area (Å²) in [5, 5.41) is 4.57. The lowest BCUT2D eigenvalue weighted by Gasteiger charge is -2.08. The fraction of sp³-hybridized carbons (Fsp3) is 0.462. The summed E-state index contributed by atoms with van der Waals surface area (Å²) in [6.07, 6.45) is 6.93. The molecular formula is C13H17N3O. The Labute approximate surface area is 100 Å². The standard InChI is InChI=1S/C13H17N3O/c1-9-6-7-12(17-9)13-11(14)8-16(15-13)10-4-2-3-5-10/h6-8,10H,2-5,14H2,1H3. The molecule has 0 radical (unpaired) electrons. The van der Waals surface area contributed by atoms with E-state index in [0.29, 0.717) is 11.7 Å². The molecule has 1 aliphatic rings. The van der Waals surface area contributed by atoms with Gasteiger partial charge in [0.2, 0.25) is 0 Å². The molecule has 2 heterocycles. The van der Waals surface area contributed by atoms with Crippen molar-refractivity contribution in [2.24, 2.45) is 0 Å². The van der Waals surface area contributed by atoms with Gasteiger partial charge in [-0.15, -0.1) is 0 Å². The minimum atomic E-state index is 0.516. The highest BCUT2D eigenvalue weighted by molar-refractivity contribution is 5.67. The van der Waals surface area contributed by atoms with Crippen LogP contribution in [0.3, 0.4) is 0 Å². The Morgan fingerprint density at radius 2 is 2.12 bits per heavy atom. The van der Waals surface area contributed by atoms with Crippen molar-refractivity contribution in [3.05, 3.63) is 24.1 Å². The van der Waals surface area contributed by atoms with Gasteiger partial charge in [-0.05, 0) is 31.9 Å². The zero-order chi connectivity index (χ0) is 11.8. The van der Waals surface area contributed by atoms with Gasteiger partial charge in [0.25, 0.3) is 0 Å². The van der Waals surface area contributed by atoms with Crippen LogP contribution in [0.5, 0.6) is 0 Å². The van der Waals surface area contributed by atoms with Gasteiger partial charge in [-0.2, -0.15) is 5.10 Å². The van der Waals surface area contributed by atoms with E-state index < -0.39 is 0 Å². The summed E-state index contributed by atoms with van der Waals surface area (Å²) in [6.45, 7) is 1.92. The number of aryl methyl sites for hydroxylation is 1. The molecule has 2 aromatic heterocycles. The monoisotopic (exact) mass is 231 g/mol. The number of hydrogen-bond donors (Lipinski definition) is 1. The van der Waals surface area contributed by atoms with Crippen molar-refractivity contribution in [2.75, 3.05) is 5.73 Å². The number of nitrogen functional groups attached to an aromatic ring is 1. The number of rotatable bonds is 2. The van der Waals surface area contributed by atoms with Crippen molar-refractivity contribution in [1.29, 1.82) is 0 Å². The van der Waals surface area contributed by atoms with E-state index in [0.717, 1.165) is 17.2 Å². The van der Waals surface area contributed by atoms with Crippen LogP contribution in [0.4, 0.5) is 5.69 Å². The molecule has 4 nitrogen and oxygen atoms in total. The first-order valence-corrected chi connectivity index (χ1v) is 6.15. The molecule has 90 valence electrons. The quantitative estimate of drug-likeness (QED) is 0.863. The Hall–Kier alpha value is -1.71. The second-order valence-corrected chi connectivity index (χ2v) is 4.76. The third-order valence-corrected chi connectivity index (χ3v) is 3.43. The van der Waals surface area contributed by atoms with E-state index >= 15 is 0 Å². The van der Waals surface area contributed by atoms with Crippen LogP contribution in [-0.2, 0) is 0 Å². The lowest BCUT2D eigenvalue weighted by atomic mass is 10.2. The number of furan rings is 1. The number of anilines is 1. The fourth-order valence-corrected chi connectivity index (χ4v) is 2.51. The van der Waals surface area contributed by atoms with Gasteiger partial charge in [0.1, 0.15) is 5.76 Å². The maximum absolute atomic E-state index is 6.01. The van der Waals surface area contributed by atoms with Gasteiger partial charge < -0.3 is 10.2 Å². The van der Waals surface area contributed by atoms with E-state index in [1.54, 1.807) is 0 Å². The lowest BCUT2D eigenvalue weighted by molar-refractivity contribution is 0.465. The minimum Gasteiger partial charge on any atom is -0.460 e. The average Bonchev–Trinajstić information content (AvgIpc) is 2.97. The van der Waals surface area contributed by atoms with Crippen molar-refractivity contribution in [2.45, 2.75) is 38.6 Å². The SMILES string of the molecule is Cc1ccc(-c2nn(C3CCCC3)cc2N)o1. The van der Waals surface area contributed by atoms with Gasteiger partial charge in [0.15, 0.2) is 11.5 Å². The van der Waals surface area contributed by atoms with Crippen LogP contribution in [0.1, 0.15) is 37.5 Å². The average molecular weight is 231 g/mol. The van der Waals surface area contributed by atoms with E-state index in [2.05, 4.69) is 5.10 Å². The van der Waals surface area contributed by atoms with E-state index in [1.165, 1.54) is 25.7 Å². The van der Waals surface area contributed by atoms with Crippen LogP contribution in [0.2, 0.25) is 0 Å². The van der Waals surface area contributed by atoms with Crippen LogP contribution in [0.25, 0.3) is 11.5 Å². The van der Waals surface area contributed by atoms with Crippen molar-refractivity contribution in [3.8, 4) is 11.5 Å². The first kappa shape index (κ1) is 10.4. The highest BCUT2D eigenvalue weighted by atomic mass is 16.3. The molecule has 0 bridgehead atoms. The van der Waals surface area contributed by atoms with E-state index in [-0.39, 0.29) is 0 Å². The molecule has 2 aromatic rings. The summed E-state index contributed by atoms with van der Waals surface area (Å²) in [5.41, 5.74) is 7.48. The summed E-state index contributed by atoms with van der Waals surface area (Å²) < 4.78 is 7.58. The van der Waals surface area contributed by atoms with Crippen LogP contribution < -0.4 is 5.73 Å². The van der Waals surface area contributed by atoms with Gasteiger partial charge in [-0.1, -0.05) is 12.8 Å². The van der Waals surface area contributed by atoms with E-state index in [4.69, 9.17) is 10.2 Å². The molecule has 0 unspecified atom stereocenters. The molecule has 0 spiro atoms. The molecular weight excluding hydrogens is 214 g/mol. The fourth-order valence-electron chi connectivity index (χ4n) is 2.51. The summed E-state index contributed by atoms with van der Waals surface area (Å²) >= 11 is 0. The molecule has 0 aromatic carbocycles. The Bertz CT molecular complexity index is 521.